The van der Waals surface area contributed by atoms with Crippen LogP contribution in [0.3, 0.4) is 0 Å². The molecule has 0 saturated carbocycles. The third kappa shape index (κ3) is 6.09. The van der Waals surface area contributed by atoms with Crippen molar-refractivity contribution in [2.75, 3.05) is 24.9 Å². The highest BCUT2D eigenvalue weighted by atomic mass is 16.7. The van der Waals surface area contributed by atoms with E-state index in [9.17, 15) is 4.79 Å². The second-order valence-corrected chi connectivity index (χ2v) is 7.37. The molecule has 4 rings (SSSR count). The first-order valence-electron chi connectivity index (χ1n) is 10.6. The van der Waals surface area contributed by atoms with Gasteiger partial charge in [-0.2, -0.15) is 5.10 Å². The van der Waals surface area contributed by atoms with Crippen molar-refractivity contribution in [1.82, 2.24) is 9.78 Å². The summed E-state index contributed by atoms with van der Waals surface area (Å²) in [4.78, 5) is 12.4. The number of hydrogen-bond donors (Lipinski definition) is 2. The number of aromatic nitrogens is 2. The molecular formula is C25H26N4O4. The molecule has 1 aromatic heterocycles. The van der Waals surface area contributed by atoms with Crippen molar-refractivity contribution in [2.24, 2.45) is 0 Å². The van der Waals surface area contributed by atoms with Crippen molar-refractivity contribution in [3.63, 3.8) is 0 Å². The molecule has 2 amide bonds. The van der Waals surface area contributed by atoms with Crippen LogP contribution in [0, 0.1) is 0 Å². The first-order valence-corrected chi connectivity index (χ1v) is 10.6. The maximum absolute atomic E-state index is 12.4. The van der Waals surface area contributed by atoms with Crippen LogP contribution in [-0.2, 0) is 16.0 Å². The molecular weight excluding hydrogens is 420 g/mol. The Morgan fingerprint density at radius 3 is 2.30 bits per heavy atom. The molecule has 0 aliphatic rings. The van der Waals surface area contributed by atoms with Gasteiger partial charge in [-0.3, -0.25) is 4.68 Å². The van der Waals surface area contributed by atoms with E-state index in [1.54, 1.807) is 38.5 Å². The van der Waals surface area contributed by atoms with Crippen LogP contribution in [0.1, 0.15) is 6.42 Å². The first-order chi connectivity index (χ1) is 16.1. The van der Waals surface area contributed by atoms with Gasteiger partial charge in [0.15, 0.2) is 6.29 Å². The highest BCUT2D eigenvalue weighted by Crippen LogP contribution is 2.23. The SMILES string of the molecule is COC(CCn1cc2ccc(NC(=O)Nc3ccc(Oc4ccccc4)cc3)cc2n1)OC. The Balaban J connectivity index is 1.33. The van der Waals surface area contributed by atoms with Crippen LogP contribution in [0.4, 0.5) is 16.2 Å². The number of hydrogen-bond acceptors (Lipinski definition) is 5. The summed E-state index contributed by atoms with van der Waals surface area (Å²) in [6.45, 7) is 0.661. The van der Waals surface area contributed by atoms with Crippen molar-refractivity contribution in [2.45, 2.75) is 19.3 Å². The summed E-state index contributed by atoms with van der Waals surface area (Å²) in [6.07, 6.45) is 2.38. The van der Waals surface area contributed by atoms with E-state index in [1.807, 2.05) is 59.4 Å². The Morgan fingerprint density at radius 2 is 1.58 bits per heavy atom. The lowest BCUT2D eigenvalue weighted by Gasteiger charge is -2.12. The fraction of sp³-hybridized carbons (Fsp3) is 0.200. The molecule has 0 spiro atoms. The Labute approximate surface area is 192 Å². The minimum atomic E-state index is -0.339. The molecule has 3 aromatic carbocycles. The van der Waals surface area contributed by atoms with Gasteiger partial charge in [0.05, 0.1) is 5.52 Å². The Kier molecular flexibility index (Phi) is 7.19. The normalized spacial score (nSPS) is 11.0. The zero-order valence-electron chi connectivity index (χ0n) is 18.5. The number of benzene rings is 3. The summed E-state index contributed by atoms with van der Waals surface area (Å²) >= 11 is 0. The fourth-order valence-corrected chi connectivity index (χ4v) is 3.35. The van der Waals surface area contributed by atoms with Crippen molar-refractivity contribution < 1.29 is 19.0 Å². The topological polar surface area (TPSA) is 86.6 Å². The van der Waals surface area contributed by atoms with Crippen LogP contribution >= 0.6 is 0 Å². The Bertz CT molecular complexity index is 1190. The monoisotopic (exact) mass is 446 g/mol. The van der Waals surface area contributed by atoms with Crippen molar-refractivity contribution >= 4 is 28.3 Å². The maximum Gasteiger partial charge on any atom is 0.323 e. The number of methoxy groups -OCH3 is 2. The average molecular weight is 447 g/mol. The number of rotatable bonds is 9. The molecule has 0 fully saturated rings. The van der Waals surface area contributed by atoms with Crippen LogP contribution < -0.4 is 15.4 Å². The van der Waals surface area contributed by atoms with Gasteiger partial charge in [0, 0.05) is 50.1 Å². The number of anilines is 2. The molecule has 1 heterocycles. The summed E-state index contributed by atoms with van der Waals surface area (Å²) < 4.78 is 18.0. The molecule has 0 saturated heterocycles. The molecule has 8 heteroatoms. The highest BCUT2D eigenvalue weighted by Gasteiger charge is 2.09. The lowest BCUT2D eigenvalue weighted by molar-refractivity contribution is -0.108. The zero-order chi connectivity index (χ0) is 23.0. The molecule has 4 aromatic rings. The second kappa shape index (κ2) is 10.6. The molecule has 0 bridgehead atoms. The number of urea groups is 1. The maximum atomic E-state index is 12.4. The number of amides is 2. The van der Waals surface area contributed by atoms with Gasteiger partial charge in [0.2, 0.25) is 0 Å². The zero-order valence-corrected chi connectivity index (χ0v) is 18.5. The lowest BCUT2D eigenvalue weighted by Crippen LogP contribution is -2.19. The van der Waals surface area contributed by atoms with Crippen LogP contribution in [0.15, 0.2) is 79.0 Å². The number of aryl methyl sites for hydroxylation is 1. The smallest absolute Gasteiger partial charge is 0.323 e. The molecule has 170 valence electrons. The number of fused-ring (bicyclic) bond motifs is 1. The Hall–Kier alpha value is -3.88. The summed E-state index contributed by atoms with van der Waals surface area (Å²) in [7, 11) is 3.23. The van der Waals surface area contributed by atoms with E-state index < -0.39 is 0 Å². The number of ether oxygens (including phenoxy) is 3. The van der Waals surface area contributed by atoms with E-state index in [1.165, 1.54) is 0 Å². The summed E-state index contributed by atoms with van der Waals surface area (Å²) in [5.74, 6) is 1.45. The third-order valence-corrected chi connectivity index (χ3v) is 5.02. The predicted octanol–water partition coefficient (Wildman–Crippen LogP) is 5.48. The van der Waals surface area contributed by atoms with Gasteiger partial charge in [0.1, 0.15) is 11.5 Å². The molecule has 0 aliphatic carbocycles. The molecule has 2 N–H and O–H groups in total. The Morgan fingerprint density at radius 1 is 0.909 bits per heavy atom. The molecule has 0 radical (unpaired) electrons. The average Bonchev–Trinajstić information content (AvgIpc) is 3.24. The molecule has 0 unspecified atom stereocenters. The predicted molar refractivity (Wildman–Crippen MR) is 128 cm³/mol. The van der Waals surface area contributed by atoms with Crippen LogP contribution in [0.2, 0.25) is 0 Å². The number of carbonyl (C=O) groups excluding carboxylic acids is 1. The number of nitrogens with zero attached hydrogens (tertiary/aromatic N) is 2. The standard InChI is InChI=1S/C25H26N4O4/c1-31-24(32-2)14-15-29-17-18-8-9-20(16-23(18)28-29)27-25(30)26-19-10-12-22(13-11-19)33-21-6-4-3-5-7-21/h3-13,16-17,24H,14-15H2,1-2H3,(H2,26,27,30). The van der Waals surface area contributed by atoms with Gasteiger partial charge in [-0.15, -0.1) is 0 Å². The van der Waals surface area contributed by atoms with Gasteiger partial charge >= 0.3 is 6.03 Å². The first kappa shape index (κ1) is 22.3. The van der Waals surface area contributed by atoms with E-state index in [-0.39, 0.29) is 12.3 Å². The van der Waals surface area contributed by atoms with E-state index in [0.29, 0.717) is 30.1 Å². The van der Waals surface area contributed by atoms with E-state index in [2.05, 4.69) is 15.7 Å². The highest BCUT2D eigenvalue weighted by molar-refractivity contribution is 6.00. The minimum Gasteiger partial charge on any atom is -0.457 e. The summed E-state index contributed by atoms with van der Waals surface area (Å²) in [5.41, 5.74) is 2.10. The summed E-state index contributed by atoms with van der Waals surface area (Å²) in [5, 5.41) is 11.2. The summed E-state index contributed by atoms with van der Waals surface area (Å²) in [6, 6.07) is 22.0. The van der Waals surface area contributed by atoms with E-state index in [4.69, 9.17) is 14.2 Å². The van der Waals surface area contributed by atoms with Crippen molar-refractivity contribution in [3.05, 3.63) is 79.0 Å². The van der Waals surface area contributed by atoms with E-state index >= 15 is 0 Å². The molecule has 8 nitrogen and oxygen atoms in total. The van der Waals surface area contributed by atoms with Gasteiger partial charge < -0.3 is 24.8 Å². The number of carbonyl (C=O) groups is 1. The van der Waals surface area contributed by atoms with Gasteiger partial charge in [-0.1, -0.05) is 18.2 Å². The minimum absolute atomic E-state index is 0.266. The third-order valence-electron chi connectivity index (χ3n) is 5.02. The van der Waals surface area contributed by atoms with Gasteiger partial charge in [-0.05, 0) is 54.6 Å². The second-order valence-electron chi connectivity index (χ2n) is 7.37. The van der Waals surface area contributed by atoms with Gasteiger partial charge in [-0.25, -0.2) is 4.79 Å². The van der Waals surface area contributed by atoms with Gasteiger partial charge in [0.25, 0.3) is 0 Å². The van der Waals surface area contributed by atoms with E-state index in [0.717, 1.165) is 16.7 Å². The molecule has 0 atom stereocenters. The quantitative estimate of drug-likeness (QED) is 0.333. The van der Waals surface area contributed by atoms with Crippen molar-refractivity contribution in [3.8, 4) is 11.5 Å². The van der Waals surface area contributed by atoms with Crippen LogP contribution in [0.5, 0.6) is 11.5 Å². The van der Waals surface area contributed by atoms with Crippen LogP contribution in [0.25, 0.3) is 10.9 Å². The molecule has 0 aliphatic heterocycles. The molecule has 33 heavy (non-hydrogen) atoms. The number of nitrogens with one attached hydrogen (secondary N) is 2. The largest absolute Gasteiger partial charge is 0.457 e. The number of para-hydroxylation sites is 1. The van der Waals surface area contributed by atoms with Crippen molar-refractivity contribution in [1.29, 1.82) is 0 Å². The van der Waals surface area contributed by atoms with Crippen LogP contribution in [-0.4, -0.2) is 36.3 Å². The fourth-order valence-electron chi connectivity index (χ4n) is 3.35. The lowest BCUT2D eigenvalue weighted by atomic mass is 10.2.